The highest BCUT2D eigenvalue weighted by Crippen LogP contribution is 2.23. The molecule has 0 bridgehead atoms. The molecule has 0 amide bonds. The number of hydrogen-bond donors (Lipinski definition) is 1. The minimum Gasteiger partial charge on any atom is -0.387 e. The van der Waals surface area contributed by atoms with Crippen LogP contribution in [0.1, 0.15) is 17.2 Å². The number of hydrogen-bond acceptors (Lipinski definition) is 3. The van der Waals surface area contributed by atoms with Crippen molar-refractivity contribution < 1.29 is 5.11 Å². The second kappa shape index (κ2) is 6.80. The Hall–Kier alpha value is -1.23. The van der Waals surface area contributed by atoms with Gasteiger partial charge in [0.2, 0.25) is 0 Å². The zero-order valence-electron chi connectivity index (χ0n) is 10.8. The molecule has 0 radical (unpaired) electrons. The Bertz CT molecular complexity index is 519. The van der Waals surface area contributed by atoms with Crippen LogP contribution in [0.5, 0.6) is 0 Å². The molecular weight excluding hydrogens is 304 g/mol. The summed E-state index contributed by atoms with van der Waals surface area (Å²) in [6.45, 7) is 1.35. The number of likely N-dealkylation sites (N-methyl/N-ethyl adjacent to an activating group) is 1. The van der Waals surface area contributed by atoms with Crippen LogP contribution in [0.4, 0.5) is 0 Å². The molecule has 2 aromatic rings. The Morgan fingerprint density at radius 3 is 2.74 bits per heavy atom. The molecule has 0 aliphatic heterocycles. The minimum absolute atomic E-state index is 0.503. The molecule has 2 rings (SSSR count). The van der Waals surface area contributed by atoms with Gasteiger partial charge in [-0.2, -0.15) is 0 Å². The molecule has 0 spiro atoms. The first-order chi connectivity index (χ1) is 9.16. The van der Waals surface area contributed by atoms with E-state index in [1.165, 1.54) is 0 Å². The first-order valence-corrected chi connectivity index (χ1v) is 6.96. The third-order valence-corrected chi connectivity index (χ3v) is 3.65. The van der Waals surface area contributed by atoms with Gasteiger partial charge in [0.05, 0.1) is 6.10 Å². The summed E-state index contributed by atoms with van der Waals surface area (Å²) in [6, 6.07) is 11.7. The van der Waals surface area contributed by atoms with E-state index in [9.17, 15) is 5.11 Å². The van der Waals surface area contributed by atoms with Crippen LogP contribution in [0.25, 0.3) is 0 Å². The van der Waals surface area contributed by atoms with E-state index in [0.717, 1.165) is 22.1 Å². The molecule has 0 aliphatic rings. The fraction of sp³-hybridized carbons (Fsp3) is 0.267. The molecule has 3 nitrogen and oxygen atoms in total. The van der Waals surface area contributed by atoms with Crippen molar-refractivity contribution in [3.05, 3.63) is 64.4 Å². The first kappa shape index (κ1) is 14.2. The predicted molar refractivity (Wildman–Crippen MR) is 79.7 cm³/mol. The zero-order chi connectivity index (χ0) is 13.7. The lowest BCUT2D eigenvalue weighted by Crippen LogP contribution is -2.24. The van der Waals surface area contributed by atoms with E-state index in [-0.39, 0.29) is 0 Å². The van der Waals surface area contributed by atoms with Crippen LogP contribution in [0.3, 0.4) is 0 Å². The van der Waals surface area contributed by atoms with E-state index in [0.29, 0.717) is 6.54 Å². The number of benzene rings is 1. The summed E-state index contributed by atoms with van der Waals surface area (Å²) in [5.41, 5.74) is 2.06. The number of rotatable bonds is 5. The highest BCUT2D eigenvalue weighted by molar-refractivity contribution is 9.10. The molecule has 100 valence electrons. The van der Waals surface area contributed by atoms with E-state index in [2.05, 4.69) is 25.8 Å². The molecule has 1 atom stereocenters. The van der Waals surface area contributed by atoms with Gasteiger partial charge in [-0.1, -0.05) is 40.2 Å². The van der Waals surface area contributed by atoms with Gasteiger partial charge in [-0.05, 0) is 30.3 Å². The average molecular weight is 321 g/mol. The largest absolute Gasteiger partial charge is 0.387 e. The highest BCUT2D eigenvalue weighted by atomic mass is 79.9. The Morgan fingerprint density at radius 2 is 2.05 bits per heavy atom. The van der Waals surface area contributed by atoms with Crippen LogP contribution in [0.15, 0.2) is 53.3 Å². The average Bonchev–Trinajstić information content (AvgIpc) is 2.40. The molecule has 19 heavy (non-hydrogen) atoms. The molecule has 0 fully saturated rings. The minimum atomic E-state index is -0.503. The number of pyridine rings is 1. The number of nitrogens with zero attached hydrogens (tertiary/aromatic N) is 2. The van der Waals surface area contributed by atoms with Crippen molar-refractivity contribution in [2.24, 2.45) is 0 Å². The number of aromatic nitrogens is 1. The van der Waals surface area contributed by atoms with Gasteiger partial charge < -0.3 is 5.11 Å². The quantitative estimate of drug-likeness (QED) is 0.920. The molecule has 0 saturated heterocycles. The van der Waals surface area contributed by atoms with Gasteiger partial charge in [0.25, 0.3) is 0 Å². The summed E-state index contributed by atoms with van der Waals surface area (Å²) in [7, 11) is 1.99. The van der Waals surface area contributed by atoms with E-state index in [1.807, 2.05) is 49.6 Å². The maximum absolute atomic E-state index is 10.3. The molecular formula is C15H17BrN2O. The van der Waals surface area contributed by atoms with Gasteiger partial charge >= 0.3 is 0 Å². The Kier molecular flexibility index (Phi) is 5.07. The van der Waals surface area contributed by atoms with Crippen LogP contribution < -0.4 is 0 Å². The smallest absolute Gasteiger partial charge is 0.0927 e. The lowest BCUT2D eigenvalue weighted by Gasteiger charge is -2.21. The molecule has 1 heterocycles. The second-order valence-corrected chi connectivity index (χ2v) is 5.45. The van der Waals surface area contributed by atoms with Crippen molar-refractivity contribution in [2.45, 2.75) is 12.6 Å². The summed E-state index contributed by atoms with van der Waals surface area (Å²) in [5, 5.41) is 10.3. The predicted octanol–water partition coefficient (Wildman–Crippen LogP) is 3.01. The fourth-order valence-electron chi connectivity index (χ4n) is 2.01. The zero-order valence-corrected chi connectivity index (χ0v) is 12.4. The van der Waals surface area contributed by atoms with Crippen LogP contribution in [-0.4, -0.2) is 28.6 Å². The molecule has 1 unspecified atom stereocenters. The Balaban J connectivity index is 1.96. The first-order valence-electron chi connectivity index (χ1n) is 6.17. The summed E-state index contributed by atoms with van der Waals surface area (Å²) in [4.78, 5) is 6.18. The summed E-state index contributed by atoms with van der Waals surface area (Å²) < 4.78 is 0.942. The van der Waals surface area contributed by atoms with Crippen molar-refractivity contribution in [2.75, 3.05) is 13.6 Å². The fourth-order valence-corrected chi connectivity index (χ4v) is 2.56. The number of halogens is 1. The topological polar surface area (TPSA) is 36.4 Å². The molecule has 1 aromatic carbocycles. The maximum atomic E-state index is 10.3. The van der Waals surface area contributed by atoms with E-state index in [1.54, 1.807) is 6.20 Å². The van der Waals surface area contributed by atoms with Gasteiger partial charge in [0.15, 0.2) is 0 Å². The Morgan fingerprint density at radius 1 is 1.26 bits per heavy atom. The van der Waals surface area contributed by atoms with E-state index >= 15 is 0 Å². The Labute approximate surface area is 122 Å². The van der Waals surface area contributed by atoms with Gasteiger partial charge in [0.1, 0.15) is 0 Å². The monoisotopic (exact) mass is 320 g/mol. The van der Waals surface area contributed by atoms with Gasteiger partial charge in [-0.15, -0.1) is 0 Å². The molecule has 0 saturated carbocycles. The number of aliphatic hydroxyl groups is 1. The van der Waals surface area contributed by atoms with Crippen LogP contribution >= 0.6 is 15.9 Å². The summed E-state index contributed by atoms with van der Waals surface area (Å²) in [5.74, 6) is 0. The van der Waals surface area contributed by atoms with Gasteiger partial charge in [-0.3, -0.25) is 9.88 Å². The number of aliphatic hydroxyl groups excluding tert-OH is 1. The lowest BCUT2D eigenvalue weighted by atomic mass is 10.1. The summed E-state index contributed by atoms with van der Waals surface area (Å²) >= 11 is 3.47. The normalized spacial score (nSPS) is 12.6. The van der Waals surface area contributed by atoms with Crippen molar-refractivity contribution >= 4 is 15.9 Å². The lowest BCUT2D eigenvalue weighted by molar-refractivity contribution is 0.123. The van der Waals surface area contributed by atoms with E-state index in [4.69, 9.17) is 0 Å². The molecule has 1 aromatic heterocycles. The second-order valence-electron chi connectivity index (χ2n) is 4.60. The van der Waals surface area contributed by atoms with Gasteiger partial charge in [0, 0.05) is 30.0 Å². The molecule has 4 heteroatoms. The van der Waals surface area contributed by atoms with Gasteiger partial charge in [-0.25, -0.2) is 0 Å². The molecule has 1 N–H and O–H groups in total. The summed E-state index contributed by atoms with van der Waals surface area (Å²) in [6.07, 6.45) is 3.11. The SMILES string of the molecule is CN(Cc1cccnc1)CC(O)c1ccccc1Br. The van der Waals surface area contributed by atoms with Crippen molar-refractivity contribution in [3.63, 3.8) is 0 Å². The van der Waals surface area contributed by atoms with Crippen LogP contribution in [0.2, 0.25) is 0 Å². The standard InChI is InChI=1S/C15H17BrN2O/c1-18(10-12-5-4-8-17-9-12)11-15(19)13-6-2-3-7-14(13)16/h2-9,15,19H,10-11H2,1H3. The highest BCUT2D eigenvalue weighted by Gasteiger charge is 2.13. The van der Waals surface area contributed by atoms with Crippen LogP contribution in [0, 0.1) is 0 Å². The third kappa shape index (κ3) is 4.13. The van der Waals surface area contributed by atoms with Crippen LogP contribution in [-0.2, 0) is 6.54 Å². The van der Waals surface area contributed by atoms with Crippen molar-refractivity contribution in [1.82, 2.24) is 9.88 Å². The van der Waals surface area contributed by atoms with Crippen molar-refractivity contribution in [1.29, 1.82) is 0 Å². The maximum Gasteiger partial charge on any atom is 0.0927 e. The van der Waals surface area contributed by atoms with Crippen molar-refractivity contribution in [3.8, 4) is 0 Å². The third-order valence-electron chi connectivity index (χ3n) is 2.92. The molecule has 0 aliphatic carbocycles. The van der Waals surface area contributed by atoms with E-state index < -0.39 is 6.10 Å².